The molecule has 2 atom stereocenters. The fourth-order valence-electron chi connectivity index (χ4n) is 3.41. The lowest BCUT2D eigenvalue weighted by molar-refractivity contribution is 0.00548. The SMILES string of the molecule is COc1ccc(OCC(O)COCc2ccccc2)cc1.COc1ccc(OCC2CO2)cc1.O.OCc1ccccc1. The number of benzene rings is 4. The molecule has 0 amide bonds. The third kappa shape index (κ3) is 15.1. The smallest absolute Gasteiger partial charge is 0.119 e. The molecule has 1 aliphatic rings. The first-order valence-corrected chi connectivity index (χ1v) is 13.7. The Bertz CT molecular complexity index is 1220. The van der Waals surface area contributed by atoms with Crippen molar-refractivity contribution in [1.29, 1.82) is 0 Å². The van der Waals surface area contributed by atoms with E-state index in [2.05, 4.69) is 0 Å². The van der Waals surface area contributed by atoms with Gasteiger partial charge in [-0.15, -0.1) is 0 Å². The summed E-state index contributed by atoms with van der Waals surface area (Å²) in [6, 6.07) is 34.1. The minimum absolute atomic E-state index is 0. The number of aliphatic hydroxyl groups is 2. The van der Waals surface area contributed by atoms with Crippen LogP contribution in [0.5, 0.6) is 23.0 Å². The van der Waals surface area contributed by atoms with Gasteiger partial charge in [-0.05, 0) is 59.7 Å². The van der Waals surface area contributed by atoms with Crippen LogP contribution in [0.3, 0.4) is 0 Å². The molecule has 1 fully saturated rings. The van der Waals surface area contributed by atoms with Crippen LogP contribution in [0.15, 0.2) is 109 Å². The van der Waals surface area contributed by atoms with Crippen LogP contribution in [-0.2, 0) is 22.7 Å². The molecule has 1 heterocycles. The van der Waals surface area contributed by atoms with Crippen LogP contribution in [-0.4, -0.2) is 68.5 Å². The van der Waals surface area contributed by atoms with Gasteiger partial charge in [-0.3, -0.25) is 0 Å². The van der Waals surface area contributed by atoms with Gasteiger partial charge in [0.25, 0.3) is 0 Å². The monoisotopic (exact) mass is 594 g/mol. The molecule has 1 saturated heterocycles. The maximum Gasteiger partial charge on any atom is 0.119 e. The summed E-state index contributed by atoms with van der Waals surface area (Å²) in [5.74, 6) is 3.17. The lowest BCUT2D eigenvalue weighted by Gasteiger charge is -2.13. The number of rotatable bonds is 13. The van der Waals surface area contributed by atoms with Crippen molar-refractivity contribution in [1.82, 2.24) is 0 Å². The molecule has 0 spiro atoms. The van der Waals surface area contributed by atoms with Gasteiger partial charge >= 0.3 is 0 Å². The van der Waals surface area contributed by atoms with Gasteiger partial charge in [-0.1, -0.05) is 60.7 Å². The average molecular weight is 595 g/mol. The van der Waals surface area contributed by atoms with E-state index in [0.717, 1.165) is 35.0 Å². The Morgan fingerprint density at radius 3 is 1.58 bits per heavy atom. The quantitative estimate of drug-likeness (QED) is 0.217. The van der Waals surface area contributed by atoms with Gasteiger partial charge in [0.2, 0.25) is 0 Å². The van der Waals surface area contributed by atoms with Gasteiger partial charge in [0.05, 0.1) is 40.6 Å². The topological polar surface area (TPSA) is 131 Å². The molecule has 0 aliphatic carbocycles. The molecule has 0 saturated carbocycles. The summed E-state index contributed by atoms with van der Waals surface area (Å²) in [6.07, 6.45) is -0.349. The van der Waals surface area contributed by atoms with Crippen molar-refractivity contribution < 1.29 is 44.1 Å². The van der Waals surface area contributed by atoms with Gasteiger partial charge in [0, 0.05) is 0 Å². The third-order valence-electron chi connectivity index (χ3n) is 5.85. The van der Waals surface area contributed by atoms with E-state index in [9.17, 15) is 5.11 Å². The highest BCUT2D eigenvalue weighted by Gasteiger charge is 2.22. The van der Waals surface area contributed by atoms with Gasteiger partial charge in [0.1, 0.15) is 48.4 Å². The third-order valence-corrected chi connectivity index (χ3v) is 5.85. The molecule has 9 heteroatoms. The van der Waals surface area contributed by atoms with Crippen LogP contribution in [0.25, 0.3) is 0 Å². The molecular formula is C34H42O9. The Balaban J connectivity index is 0.000000249. The zero-order chi connectivity index (χ0) is 29.8. The van der Waals surface area contributed by atoms with Gasteiger partial charge < -0.3 is 44.1 Å². The first-order valence-electron chi connectivity index (χ1n) is 13.7. The van der Waals surface area contributed by atoms with Crippen molar-refractivity contribution in [3.63, 3.8) is 0 Å². The molecule has 232 valence electrons. The van der Waals surface area contributed by atoms with Crippen molar-refractivity contribution in [2.24, 2.45) is 0 Å². The Morgan fingerprint density at radius 2 is 1.14 bits per heavy atom. The predicted octanol–water partition coefficient (Wildman–Crippen LogP) is 4.48. The number of epoxide rings is 1. The van der Waals surface area contributed by atoms with Crippen molar-refractivity contribution in [2.75, 3.05) is 40.6 Å². The lowest BCUT2D eigenvalue weighted by atomic mass is 10.2. The summed E-state index contributed by atoms with van der Waals surface area (Å²) in [4.78, 5) is 0. The van der Waals surface area contributed by atoms with E-state index in [0.29, 0.717) is 25.1 Å². The van der Waals surface area contributed by atoms with Crippen LogP contribution in [0.4, 0.5) is 0 Å². The number of aliphatic hydroxyl groups excluding tert-OH is 2. The molecule has 5 rings (SSSR count). The molecule has 2 unspecified atom stereocenters. The maximum absolute atomic E-state index is 9.81. The molecule has 0 radical (unpaired) electrons. The Labute approximate surface area is 253 Å². The van der Waals surface area contributed by atoms with E-state index in [1.54, 1.807) is 26.4 Å². The largest absolute Gasteiger partial charge is 0.497 e. The summed E-state index contributed by atoms with van der Waals surface area (Å²) in [5.41, 5.74) is 2.05. The molecule has 1 aliphatic heterocycles. The van der Waals surface area contributed by atoms with Crippen LogP contribution < -0.4 is 18.9 Å². The van der Waals surface area contributed by atoms with Crippen LogP contribution in [0.2, 0.25) is 0 Å². The Kier molecular flexibility index (Phi) is 16.9. The second-order valence-corrected chi connectivity index (χ2v) is 9.23. The highest BCUT2D eigenvalue weighted by Crippen LogP contribution is 2.19. The number of ether oxygens (including phenoxy) is 6. The van der Waals surface area contributed by atoms with E-state index in [-0.39, 0.29) is 25.3 Å². The van der Waals surface area contributed by atoms with Crippen molar-refractivity contribution in [3.8, 4) is 23.0 Å². The Hall–Kier alpha value is -4.12. The second-order valence-electron chi connectivity index (χ2n) is 9.23. The highest BCUT2D eigenvalue weighted by atomic mass is 16.6. The zero-order valence-electron chi connectivity index (χ0n) is 24.6. The highest BCUT2D eigenvalue weighted by molar-refractivity contribution is 5.32. The average Bonchev–Trinajstić information content (AvgIpc) is 3.89. The maximum atomic E-state index is 9.81. The second kappa shape index (κ2) is 20.7. The number of hydrogen-bond donors (Lipinski definition) is 2. The summed E-state index contributed by atoms with van der Waals surface area (Å²) < 4.78 is 31.5. The Morgan fingerprint density at radius 1 is 0.674 bits per heavy atom. The minimum atomic E-state index is -0.657. The normalized spacial score (nSPS) is 13.4. The van der Waals surface area contributed by atoms with E-state index < -0.39 is 6.10 Å². The van der Waals surface area contributed by atoms with E-state index in [4.69, 9.17) is 33.5 Å². The molecule has 4 aromatic rings. The standard InChI is InChI=1S/C17H20O4.C10H12O3.C7H8O.H2O/c1-19-16-7-9-17(10-8-16)21-13-15(18)12-20-11-14-5-3-2-4-6-14;1-11-8-2-4-9(5-3-8)12-6-10-7-13-10;8-6-7-4-2-1-3-5-7;/h2-10,15,18H,11-13H2,1H3;2-5,10H,6-7H2,1H3;1-5,8H,6H2;1H2. The molecule has 4 N–H and O–H groups in total. The zero-order valence-corrected chi connectivity index (χ0v) is 24.6. The minimum Gasteiger partial charge on any atom is -0.497 e. The molecule has 0 aromatic heterocycles. The van der Waals surface area contributed by atoms with Crippen molar-refractivity contribution in [3.05, 3.63) is 120 Å². The summed E-state index contributed by atoms with van der Waals surface area (Å²) >= 11 is 0. The first kappa shape index (κ1) is 35.1. The number of methoxy groups -OCH3 is 2. The summed E-state index contributed by atoms with van der Waals surface area (Å²) in [6.45, 7) is 2.54. The van der Waals surface area contributed by atoms with Crippen LogP contribution >= 0.6 is 0 Å². The summed E-state index contributed by atoms with van der Waals surface area (Å²) in [7, 11) is 3.26. The van der Waals surface area contributed by atoms with Crippen LogP contribution in [0.1, 0.15) is 11.1 Å². The van der Waals surface area contributed by atoms with Crippen molar-refractivity contribution in [2.45, 2.75) is 25.4 Å². The lowest BCUT2D eigenvalue weighted by Crippen LogP contribution is -2.23. The summed E-state index contributed by atoms with van der Waals surface area (Å²) in [5, 5.41) is 18.4. The van der Waals surface area contributed by atoms with Gasteiger partial charge in [0.15, 0.2) is 0 Å². The van der Waals surface area contributed by atoms with Crippen LogP contribution in [0, 0.1) is 0 Å². The van der Waals surface area contributed by atoms with Gasteiger partial charge in [-0.25, -0.2) is 0 Å². The molecule has 43 heavy (non-hydrogen) atoms. The molecule has 0 bridgehead atoms. The predicted molar refractivity (Wildman–Crippen MR) is 165 cm³/mol. The van der Waals surface area contributed by atoms with E-state index >= 15 is 0 Å². The first-order chi connectivity index (χ1) is 20.6. The molecule has 4 aromatic carbocycles. The fourth-order valence-corrected chi connectivity index (χ4v) is 3.41. The van der Waals surface area contributed by atoms with E-state index in [1.165, 1.54) is 0 Å². The van der Waals surface area contributed by atoms with E-state index in [1.807, 2.05) is 97.1 Å². The molecular weight excluding hydrogens is 552 g/mol. The van der Waals surface area contributed by atoms with Gasteiger partial charge in [-0.2, -0.15) is 0 Å². The molecule has 9 nitrogen and oxygen atoms in total. The fraction of sp³-hybridized carbons (Fsp3) is 0.294. The van der Waals surface area contributed by atoms with Crippen molar-refractivity contribution >= 4 is 0 Å². The number of hydrogen-bond acceptors (Lipinski definition) is 8.